The fourth-order valence-electron chi connectivity index (χ4n) is 8.92. The van der Waals surface area contributed by atoms with Gasteiger partial charge in [0.2, 0.25) is 0 Å². The first-order valence-electron chi connectivity index (χ1n) is 32.5. The second kappa shape index (κ2) is 65.3. The Bertz CT molecular complexity index is 1620. The van der Waals surface area contributed by atoms with Gasteiger partial charge >= 0.3 is 17.9 Å². The number of esters is 3. The first-order chi connectivity index (χ1) is 38.5. The molecule has 0 amide bonds. The summed E-state index contributed by atoms with van der Waals surface area (Å²) >= 11 is 0. The molecule has 0 rings (SSSR count). The topological polar surface area (TPSA) is 78.9 Å². The molecule has 6 heteroatoms. The van der Waals surface area contributed by atoms with Crippen LogP contribution in [0.4, 0.5) is 0 Å². The van der Waals surface area contributed by atoms with Gasteiger partial charge in [-0.3, -0.25) is 14.4 Å². The lowest BCUT2D eigenvalue weighted by Gasteiger charge is -2.18. The lowest BCUT2D eigenvalue weighted by Crippen LogP contribution is -2.30. The Morgan fingerprint density at radius 3 is 0.821 bits per heavy atom. The third-order valence-electron chi connectivity index (χ3n) is 13.7. The number of rotatable bonds is 58. The number of allylic oxidation sites excluding steroid dienone is 20. The molecule has 6 nitrogen and oxygen atoms in total. The highest BCUT2D eigenvalue weighted by molar-refractivity contribution is 5.71. The molecule has 0 aromatic rings. The molecule has 1 atom stereocenters. The van der Waals surface area contributed by atoms with Gasteiger partial charge in [0.05, 0.1) is 0 Å². The van der Waals surface area contributed by atoms with Crippen molar-refractivity contribution in [3.05, 3.63) is 122 Å². The zero-order valence-electron chi connectivity index (χ0n) is 50.9. The van der Waals surface area contributed by atoms with E-state index in [9.17, 15) is 14.4 Å². The summed E-state index contributed by atoms with van der Waals surface area (Å²) in [6, 6.07) is 0. The van der Waals surface area contributed by atoms with E-state index in [-0.39, 0.29) is 37.5 Å². The minimum atomic E-state index is -0.808. The van der Waals surface area contributed by atoms with Gasteiger partial charge in [0.15, 0.2) is 6.10 Å². The maximum Gasteiger partial charge on any atom is 0.306 e. The van der Waals surface area contributed by atoms with E-state index in [0.29, 0.717) is 19.3 Å². The Labute approximate surface area is 482 Å². The van der Waals surface area contributed by atoms with Crippen LogP contribution < -0.4 is 0 Å². The van der Waals surface area contributed by atoms with Crippen LogP contribution in [-0.4, -0.2) is 37.2 Å². The van der Waals surface area contributed by atoms with Crippen LogP contribution in [-0.2, 0) is 28.6 Å². The molecule has 0 bridgehead atoms. The quantitative estimate of drug-likeness (QED) is 0.0261. The molecule has 0 aliphatic heterocycles. The largest absolute Gasteiger partial charge is 0.462 e. The van der Waals surface area contributed by atoms with Gasteiger partial charge in [-0.15, -0.1) is 0 Å². The summed E-state index contributed by atoms with van der Waals surface area (Å²) in [5.41, 5.74) is 0. The molecule has 0 N–H and O–H groups in total. The highest BCUT2D eigenvalue weighted by Crippen LogP contribution is 2.16. The molecular formula is C72H120O6. The molecule has 444 valence electrons. The van der Waals surface area contributed by atoms with E-state index in [1.807, 2.05) is 0 Å². The molecule has 0 fully saturated rings. The number of hydrogen-bond donors (Lipinski definition) is 0. The van der Waals surface area contributed by atoms with Crippen LogP contribution in [0.2, 0.25) is 0 Å². The van der Waals surface area contributed by atoms with Crippen molar-refractivity contribution in [1.82, 2.24) is 0 Å². The third kappa shape index (κ3) is 62.7. The van der Waals surface area contributed by atoms with Gasteiger partial charge in [-0.05, 0) is 103 Å². The van der Waals surface area contributed by atoms with Crippen LogP contribution in [0, 0.1) is 0 Å². The first kappa shape index (κ1) is 73.8. The van der Waals surface area contributed by atoms with Crippen LogP contribution in [0.15, 0.2) is 122 Å². The maximum atomic E-state index is 12.9. The highest BCUT2D eigenvalue weighted by atomic mass is 16.6. The van der Waals surface area contributed by atoms with Crippen molar-refractivity contribution < 1.29 is 28.6 Å². The molecule has 78 heavy (non-hydrogen) atoms. The maximum absolute atomic E-state index is 12.9. The molecule has 1 unspecified atom stereocenters. The zero-order valence-corrected chi connectivity index (χ0v) is 50.9. The van der Waals surface area contributed by atoms with Crippen molar-refractivity contribution in [2.45, 2.75) is 303 Å². The van der Waals surface area contributed by atoms with Gasteiger partial charge in [-0.25, -0.2) is 0 Å². The van der Waals surface area contributed by atoms with Gasteiger partial charge in [0, 0.05) is 19.3 Å². The van der Waals surface area contributed by atoms with Crippen LogP contribution in [0.3, 0.4) is 0 Å². The number of carbonyl (C=O) groups is 3. The normalized spacial score (nSPS) is 12.9. The van der Waals surface area contributed by atoms with Gasteiger partial charge in [-0.1, -0.05) is 296 Å². The molecule has 0 aromatic heterocycles. The average molecular weight is 1080 g/mol. The lowest BCUT2D eigenvalue weighted by molar-refractivity contribution is -0.167. The third-order valence-corrected chi connectivity index (χ3v) is 13.7. The number of ether oxygens (including phenoxy) is 3. The summed E-state index contributed by atoms with van der Waals surface area (Å²) in [5, 5.41) is 0. The molecule has 0 radical (unpaired) electrons. The summed E-state index contributed by atoms with van der Waals surface area (Å²) in [6.07, 6.45) is 90.8. The fraction of sp³-hybridized carbons (Fsp3) is 0.681. The minimum absolute atomic E-state index is 0.0989. The van der Waals surface area contributed by atoms with E-state index in [0.717, 1.165) is 109 Å². The predicted octanol–water partition coefficient (Wildman–Crippen LogP) is 22.4. The Balaban J connectivity index is 4.26. The van der Waals surface area contributed by atoms with Gasteiger partial charge < -0.3 is 14.2 Å². The van der Waals surface area contributed by atoms with Gasteiger partial charge in [0.25, 0.3) is 0 Å². The van der Waals surface area contributed by atoms with Crippen LogP contribution in [0.25, 0.3) is 0 Å². The molecular weight excluding hydrogens is 961 g/mol. The van der Waals surface area contributed by atoms with Crippen molar-refractivity contribution in [3.8, 4) is 0 Å². The molecule has 0 heterocycles. The van der Waals surface area contributed by atoms with Gasteiger partial charge in [-0.2, -0.15) is 0 Å². The predicted molar refractivity (Wildman–Crippen MR) is 339 cm³/mol. The highest BCUT2D eigenvalue weighted by Gasteiger charge is 2.19. The Morgan fingerprint density at radius 1 is 0.269 bits per heavy atom. The summed E-state index contributed by atoms with van der Waals surface area (Å²) in [7, 11) is 0. The lowest BCUT2D eigenvalue weighted by atomic mass is 10.0. The monoisotopic (exact) mass is 1080 g/mol. The molecule has 0 spiro atoms. The van der Waals surface area contributed by atoms with Crippen molar-refractivity contribution in [1.29, 1.82) is 0 Å². The van der Waals surface area contributed by atoms with E-state index < -0.39 is 6.10 Å². The van der Waals surface area contributed by atoms with E-state index >= 15 is 0 Å². The second-order valence-electron chi connectivity index (χ2n) is 21.3. The van der Waals surface area contributed by atoms with Crippen molar-refractivity contribution in [3.63, 3.8) is 0 Å². The fourth-order valence-corrected chi connectivity index (χ4v) is 8.92. The number of unbranched alkanes of at least 4 members (excludes halogenated alkanes) is 27. The summed E-state index contributed by atoms with van der Waals surface area (Å²) in [5.74, 6) is -0.951. The van der Waals surface area contributed by atoms with Gasteiger partial charge in [0.1, 0.15) is 13.2 Å². The summed E-state index contributed by atoms with van der Waals surface area (Å²) in [4.78, 5) is 38.2. The minimum Gasteiger partial charge on any atom is -0.462 e. The smallest absolute Gasteiger partial charge is 0.306 e. The summed E-state index contributed by atoms with van der Waals surface area (Å²) < 4.78 is 16.9. The van der Waals surface area contributed by atoms with E-state index in [1.54, 1.807) is 0 Å². The number of carbonyl (C=O) groups excluding carboxylic acids is 3. The van der Waals surface area contributed by atoms with E-state index in [2.05, 4.69) is 142 Å². The van der Waals surface area contributed by atoms with Crippen molar-refractivity contribution in [2.75, 3.05) is 13.2 Å². The average Bonchev–Trinajstić information content (AvgIpc) is 3.44. The SMILES string of the molecule is CC/C=C\C/C=C\C/C=C\C/C=C\C/C=C\CCCCCCCCCCCCCCCCCC(=O)OCC(COC(=O)CCCCCCCCCCCCCC)OC(=O)CCC/C=C\C/C=C\C/C=C\C/C=C\C/C=C\CC. The number of hydrogen-bond acceptors (Lipinski definition) is 6. The molecule has 0 aliphatic rings. The van der Waals surface area contributed by atoms with Crippen LogP contribution in [0.1, 0.15) is 297 Å². The van der Waals surface area contributed by atoms with Crippen LogP contribution in [0.5, 0.6) is 0 Å². The molecule has 0 saturated carbocycles. The summed E-state index contributed by atoms with van der Waals surface area (Å²) in [6.45, 7) is 6.38. The van der Waals surface area contributed by atoms with Crippen molar-refractivity contribution >= 4 is 17.9 Å². The molecule has 0 aliphatic carbocycles. The van der Waals surface area contributed by atoms with Crippen LogP contribution >= 0.6 is 0 Å². The standard InChI is InChI=1S/C72H120O6/c1-4-7-10-13-16-19-22-25-27-29-30-31-32-33-34-35-36-37-38-39-40-41-42-44-45-47-50-53-56-59-62-65-71(74)77-68-69(67-76-70(73)64-61-58-55-52-49-24-21-18-15-12-9-6-3)78-72(75)66-63-60-57-54-51-48-46-43-28-26-23-20-17-14-11-8-5-2/h7-8,10-11,16-17,19-20,25-28,30-31,33-34,46,48,54,57,69H,4-6,9,12-15,18,21-24,29,32,35-45,47,49-53,55-56,58-68H2,1-3H3/b10-7-,11-8-,19-16-,20-17-,27-25-,28-26-,31-30-,34-33-,48-46-,57-54-. The zero-order chi connectivity index (χ0) is 56.4. The second-order valence-corrected chi connectivity index (χ2v) is 21.3. The van der Waals surface area contributed by atoms with E-state index in [1.165, 1.54) is 141 Å². The Kier molecular flexibility index (Phi) is 61.8. The first-order valence-corrected chi connectivity index (χ1v) is 32.5. The Morgan fingerprint density at radius 2 is 0.513 bits per heavy atom. The molecule has 0 aromatic carbocycles. The van der Waals surface area contributed by atoms with Crippen molar-refractivity contribution in [2.24, 2.45) is 0 Å². The van der Waals surface area contributed by atoms with E-state index in [4.69, 9.17) is 14.2 Å². The Hall–Kier alpha value is -4.19. The molecule has 0 saturated heterocycles.